The van der Waals surface area contributed by atoms with Crippen molar-refractivity contribution in [3.8, 4) is 0 Å². The first-order valence-electron chi connectivity index (χ1n) is 8.17. The van der Waals surface area contributed by atoms with E-state index < -0.39 is 0 Å². The van der Waals surface area contributed by atoms with Gasteiger partial charge in [0.25, 0.3) is 0 Å². The summed E-state index contributed by atoms with van der Waals surface area (Å²) in [5.74, 6) is -0.462. The van der Waals surface area contributed by atoms with Crippen LogP contribution in [0.25, 0.3) is 6.08 Å². The van der Waals surface area contributed by atoms with Gasteiger partial charge in [-0.3, -0.25) is 9.59 Å². The number of hydrogen-bond acceptors (Lipinski definition) is 2. The highest BCUT2D eigenvalue weighted by atomic mass is 19.1. The summed E-state index contributed by atoms with van der Waals surface area (Å²) in [6.07, 6.45) is 4.88. The average molecular weight is 338 g/mol. The summed E-state index contributed by atoms with van der Waals surface area (Å²) in [5.41, 5.74) is 2.94. The summed E-state index contributed by atoms with van der Waals surface area (Å²) in [4.78, 5) is 23.9. The number of hydrogen-bond donors (Lipinski definition) is 2. The number of carbonyl (C=O) groups excluding carboxylic acids is 2. The lowest BCUT2D eigenvalue weighted by atomic mass is 10.1. The van der Waals surface area contributed by atoms with E-state index in [9.17, 15) is 14.0 Å². The third-order valence-corrected chi connectivity index (χ3v) is 4.01. The van der Waals surface area contributed by atoms with Crippen molar-refractivity contribution >= 4 is 29.3 Å². The molecule has 1 aliphatic carbocycles. The highest BCUT2D eigenvalue weighted by Gasteiger charge is 2.29. The molecule has 0 aromatic heterocycles. The van der Waals surface area contributed by atoms with E-state index in [1.807, 2.05) is 19.1 Å². The molecule has 0 bridgehead atoms. The Labute approximate surface area is 145 Å². The minimum atomic E-state index is -0.317. The van der Waals surface area contributed by atoms with Crippen molar-refractivity contribution in [1.82, 2.24) is 0 Å². The molecule has 0 spiro atoms. The van der Waals surface area contributed by atoms with Crippen LogP contribution in [-0.2, 0) is 9.59 Å². The Hall–Kier alpha value is -2.95. The number of halogens is 1. The van der Waals surface area contributed by atoms with Gasteiger partial charge < -0.3 is 10.6 Å². The molecule has 0 radical (unpaired) electrons. The maximum Gasteiger partial charge on any atom is 0.248 e. The molecule has 128 valence electrons. The van der Waals surface area contributed by atoms with Gasteiger partial charge in [0.1, 0.15) is 5.82 Å². The van der Waals surface area contributed by atoms with Crippen LogP contribution in [0.3, 0.4) is 0 Å². The maximum atomic E-state index is 12.9. The number of anilines is 2. The average Bonchev–Trinajstić information content (AvgIpc) is 3.42. The molecule has 1 saturated carbocycles. The second-order valence-electron chi connectivity index (χ2n) is 6.17. The summed E-state index contributed by atoms with van der Waals surface area (Å²) >= 11 is 0. The molecular weight excluding hydrogens is 319 g/mol. The van der Waals surface area contributed by atoms with E-state index in [4.69, 9.17) is 0 Å². The van der Waals surface area contributed by atoms with E-state index in [-0.39, 0.29) is 23.5 Å². The summed E-state index contributed by atoms with van der Waals surface area (Å²) in [6, 6.07) is 11.3. The van der Waals surface area contributed by atoms with Crippen molar-refractivity contribution in [3.63, 3.8) is 0 Å². The zero-order valence-corrected chi connectivity index (χ0v) is 13.9. The fourth-order valence-corrected chi connectivity index (χ4v) is 2.34. The van der Waals surface area contributed by atoms with Gasteiger partial charge in [0.05, 0.1) is 0 Å². The van der Waals surface area contributed by atoms with E-state index in [2.05, 4.69) is 10.6 Å². The molecular formula is C20H19FN2O2. The molecule has 0 unspecified atom stereocenters. The van der Waals surface area contributed by atoms with Crippen LogP contribution in [0.15, 0.2) is 48.5 Å². The second kappa shape index (κ2) is 7.30. The van der Waals surface area contributed by atoms with E-state index in [1.165, 1.54) is 18.2 Å². The zero-order chi connectivity index (χ0) is 17.8. The van der Waals surface area contributed by atoms with Crippen molar-refractivity contribution in [2.24, 2.45) is 5.92 Å². The zero-order valence-electron chi connectivity index (χ0n) is 13.9. The highest BCUT2D eigenvalue weighted by Crippen LogP contribution is 2.30. The smallest absolute Gasteiger partial charge is 0.248 e. The molecule has 0 saturated heterocycles. The molecule has 0 aliphatic heterocycles. The van der Waals surface area contributed by atoms with Crippen LogP contribution >= 0.6 is 0 Å². The monoisotopic (exact) mass is 338 g/mol. The fourth-order valence-electron chi connectivity index (χ4n) is 2.34. The number of amides is 2. The van der Waals surface area contributed by atoms with Crippen LogP contribution in [0.5, 0.6) is 0 Å². The first-order valence-corrected chi connectivity index (χ1v) is 8.17. The number of nitrogens with one attached hydrogen (secondary N) is 2. The van der Waals surface area contributed by atoms with Gasteiger partial charge in [-0.15, -0.1) is 0 Å². The Kier molecular flexibility index (Phi) is 4.93. The minimum absolute atomic E-state index is 0.0253. The largest absolute Gasteiger partial charge is 0.326 e. The fraction of sp³-hybridized carbons (Fsp3) is 0.200. The Morgan fingerprint density at radius 1 is 1.08 bits per heavy atom. The minimum Gasteiger partial charge on any atom is -0.326 e. The molecule has 25 heavy (non-hydrogen) atoms. The molecule has 1 fully saturated rings. The number of carbonyl (C=O) groups is 2. The van der Waals surface area contributed by atoms with E-state index in [0.717, 1.165) is 24.0 Å². The molecule has 2 amide bonds. The van der Waals surface area contributed by atoms with Gasteiger partial charge in [0.2, 0.25) is 11.8 Å². The molecule has 5 heteroatoms. The Morgan fingerprint density at radius 2 is 1.80 bits per heavy atom. The van der Waals surface area contributed by atoms with Crippen LogP contribution in [0, 0.1) is 18.7 Å². The number of rotatable bonds is 5. The summed E-state index contributed by atoms with van der Waals surface area (Å²) in [7, 11) is 0. The Bertz CT molecular complexity index is 824. The van der Waals surface area contributed by atoms with Crippen LogP contribution in [0.2, 0.25) is 0 Å². The van der Waals surface area contributed by atoms with Gasteiger partial charge in [0, 0.05) is 23.4 Å². The van der Waals surface area contributed by atoms with Gasteiger partial charge in [-0.2, -0.15) is 0 Å². The second-order valence-corrected chi connectivity index (χ2v) is 6.17. The first kappa shape index (κ1) is 16.9. The normalized spacial score (nSPS) is 13.7. The van der Waals surface area contributed by atoms with Crippen molar-refractivity contribution in [2.75, 3.05) is 10.6 Å². The third kappa shape index (κ3) is 4.76. The number of aryl methyl sites for hydroxylation is 1. The SMILES string of the molecule is Cc1ccc(NC(=O)C2CC2)cc1NC(=O)/C=C/c1ccc(F)cc1. The van der Waals surface area contributed by atoms with Gasteiger partial charge in [-0.25, -0.2) is 4.39 Å². The summed E-state index contributed by atoms with van der Waals surface area (Å²) in [5, 5.41) is 5.66. The van der Waals surface area contributed by atoms with Crippen LogP contribution in [0.1, 0.15) is 24.0 Å². The molecule has 0 heterocycles. The van der Waals surface area contributed by atoms with Gasteiger partial charge in [-0.1, -0.05) is 18.2 Å². The summed E-state index contributed by atoms with van der Waals surface area (Å²) < 4.78 is 12.9. The maximum absolute atomic E-state index is 12.9. The third-order valence-electron chi connectivity index (χ3n) is 4.01. The molecule has 2 aromatic rings. The lowest BCUT2D eigenvalue weighted by Crippen LogP contribution is -2.14. The topological polar surface area (TPSA) is 58.2 Å². The summed E-state index contributed by atoms with van der Waals surface area (Å²) in [6.45, 7) is 1.88. The van der Waals surface area contributed by atoms with Crippen LogP contribution in [0.4, 0.5) is 15.8 Å². The van der Waals surface area contributed by atoms with E-state index in [0.29, 0.717) is 11.4 Å². The van der Waals surface area contributed by atoms with Crippen LogP contribution in [-0.4, -0.2) is 11.8 Å². The van der Waals surface area contributed by atoms with Crippen LogP contribution < -0.4 is 10.6 Å². The van der Waals surface area contributed by atoms with E-state index >= 15 is 0 Å². The quantitative estimate of drug-likeness (QED) is 0.805. The molecule has 0 atom stereocenters. The molecule has 4 nitrogen and oxygen atoms in total. The number of benzene rings is 2. The Morgan fingerprint density at radius 3 is 2.48 bits per heavy atom. The van der Waals surface area contributed by atoms with Crippen molar-refractivity contribution in [2.45, 2.75) is 19.8 Å². The highest BCUT2D eigenvalue weighted by molar-refractivity contribution is 6.03. The van der Waals surface area contributed by atoms with Gasteiger partial charge >= 0.3 is 0 Å². The van der Waals surface area contributed by atoms with Gasteiger partial charge in [-0.05, 0) is 61.2 Å². The van der Waals surface area contributed by atoms with Crippen molar-refractivity contribution in [3.05, 3.63) is 65.5 Å². The molecule has 3 rings (SSSR count). The molecule has 1 aliphatic rings. The van der Waals surface area contributed by atoms with Gasteiger partial charge in [0.15, 0.2) is 0 Å². The standard InChI is InChI=1S/C20H19FN2O2/c1-13-2-10-17(22-20(25)15-6-7-15)12-18(13)23-19(24)11-5-14-3-8-16(21)9-4-14/h2-5,8-12,15H,6-7H2,1H3,(H,22,25)(H,23,24)/b11-5+. The lowest BCUT2D eigenvalue weighted by Gasteiger charge is -2.10. The predicted octanol–water partition coefficient (Wildman–Crippen LogP) is 4.13. The Balaban J connectivity index is 1.65. The first-order chi connectivity index (χ1) is 12.0. The lowest BCUT2D eigenvalue weighted by molar-refractivity contribution is -0.117. The molecule has 2 N–H and O–H groups in total. The van der Waals surface area contributed by atoms with Crippen molar-refractivity contribution < 1.29 is 14.0 Å². The molecule has 2 aromatic carbocycles. The van der Waals surface area contributed by atoms with E-state index in [1.54, 1.807) is 24.3 Å². The van der Waals surface area contributed by atoms with Crippen molar-refractivity contribution in [1.29, 1.82) is 0 Å². The predicted molar refractivity (Wildman–Crippen MR) is 96.6 cm³/mol.